The Morgan fingerprint density at radius 1 is 1.05 bits per heavy atom. The van der Waals surface area contributed by atoms with Crippen molar-refractivity contribution in [3.8, 4) is 0 Å². The summed E-state index contributed by atoms with van der Waals surface area (Å²) in [6.45, 7) is 2.21. The van der Waals surface area contributed by atoms with E-state index in [9.17, 15) is 8.78 Å². The maximum absolute atomic E-state index is 13.9. The van der Waals surface area contributed by atoms with Crippen molar-refractivity contribution in [3.63, 3.8) is 0 Å². The molecule has 2 atom stereocenters. The fourth-order valence-corrected chi connectivity index (χ4v) is 3.02. The van der Waals surface area contributed by atoms with Crippen LogP contribution in [0.2, 0.25) is 0 Å². The quantitative estimate of drug-likeness (QED) is 0.941. The van der Waals surface area contributed by atoms with E-state index >= 15 is 0 Å². The van der Waals surface area contributed by atoms with Gasteiger partial charge in [0, 0.05) is 37.7 Å². The second kappa shape index (κ2) is 5.92. The maximum atomic E-state index is 13.9. The van der Waals surface area contributed by atoms with E-state index in [0.29, 0.717) is 12.1 Å². The van der Waals surface area contributed by atoms with Crippen LogP contribution in [0.1, 0.15) is 17.0 Å². The molecule has 1 aliphatic heterocycles. The van der Waals surface area contributed by atoms with Crippen molar-refractivity contribution >= 4 is 0 Å². The van der Waals surface area contributed by atoms with Crippen LogP contribution in [-0.2, 0) is 6.54 Å². The number of nitrogens with zero attached hydrogens (tertiary/aromatic N) is 1. The highest BCUT2D eigenvalue weighted by Crippen LogP contribution is 2.29. The van der Waals surface area contributed by atoms with Crippen molar-refractivity contribution in [2.24, 2.45) is 5.73 Å². The van der Waals surface area contributed by atoms with E-state index in [1.54, 1.807) is 0 Å². The molecular weight excluding hydrogens is 270 g/mol. The van der Waals surface area contributed by atoms with Crippen LogP contribution in [0.3, 0.4) is 0 Å². The number of hydrogen-bond donors (Lipinski definition) is 1. The largest absolute Gasteiger partial charge is 0.326 e. The van der Waals surface area contributed by atoms with Gasteiger partial charge in [0.2, 0.25) is 0 Å². The summed E-state index contributed by atoms with van der Waals surface area (Å²) >= 11 is 0. The summed E-state index contributed by atoms with van der Waals surface area (Å²) in [5, 5.41) is 0. The van der Waals surface area contributed by atoms with Gasteiger partial charge < -0.3 is 5.73 Å². The van der Waals surface area contributed by atoms with E-state index in [2.05, 4.69) is 17.0 Å². The summed E-state index contributed by atoms with van der Waals surface area (Å²) in [6, 6.07) is 13.7. The van der Waals surface area contributed by atoms with Crippen molar-refractivity contribution < 1.29 is 8.78 Å². The Labute approximate surface area is 123 Å². The second-order valence-corrected chi connectivity index (χ2v) is 5.62. The van der Waals surface area contributed by atoms with E-state index in [4.69, 9.17) is 5.73 Å². The molecule has 2 nitrogen and oxygen atoms in total. The molecule has 0 amide bonds. The maximum Gasteiger partial charge on any atom is 0.129 e. The van der Waals surface area contributed by atoms with Gasteiger partial charge in [-0.25, -0.2) is 8.78 Å². The molecule has 0 saturated carbocycles. The Bertz CT molecular complexity index is 615. The third-order valence-electron chi connectivity index (χ3n) is 4.05. The van der Waals surface area contributed by atoms with Gasteiger partial charge in [-0.15, -0.1) is 0 Å². The zero-order valence-corrected chi connectivity index (χ0v) is 11.7. The third-order valence-corrected chi connectivity index (χ3v) is 4.05. The summed E-state index contributed by atoms with van der Waals surface area (Å²) in [7, 11) is 0. The molecule has 1 saturated heterocycles. The highest BCUT2D eigenvalue weighted by Gasteiger charge is 2.32. The molecule has 0 aromatic heterocycles. The molecule has 2 aromatic rings. The molecule has 0 unspecified atom stereocenters. The van der Waals surface area contributed by atoms with Crippen molar-refractivity contribution in [3.05, 3.63) is 71.3 Å². The van der Waals surface area contributed by atoms with Gasteiger partial charge >= 0.3 is 0 Å². The monoisotopic (exact) mass is 288 g/mol. The molecule has 2 N–H and O–H groups in total. The van der Waals surface area contributed by atoms with Gasteiger partial charge in [-0.1, -0.05) is 36.4 Å². The molecule has 1 heterocycles. The lowest BCUT2D eigenvalue weighted by molar-refractivity contribution is 0.323. The van der Waals surface area contributed by atoms with E-state index in [0.717, 1.165) is 19.2 Å². The normalized spacial score (nSPS) is 22.6. The summed E-state index contributed by atoms with van der Waals surface area (Å²) in [4.78, 5) is 2.22. The topological polar surface area (TPSA) is 29.3 Å². The lowest BCUT2D eigenvalue weighted by Gasteiger charge is -2.16. The molecule has 3 rings (SSSR count). The number of halogens is 2. The molecule has 110 valence electrons. The SMILES string of the molecule is N[C@@H]1CN(Cc2ccccc2)C[C@H]1c1ccc(F)cc1F. The van der Waals surface area contributed by atoms with Crippen LogP contribution in [0.25, 0.3) is 0 Å². The predicted molar refractivity (Wildman–Crippen MR) is 78.8 cm³/mol. The standard InChI is InChI=1S/C17H18F2N2/c18-13-6-7-14(16(19)8-13)15-10-21(11-17(15)20)9-12-4-2-1-3-5-12/h1-8,15,17H,9-11,20H2/t15-,17+/m0/s1. The fraction of sp³-hybridized carbons (Fsp3) is 0.294. The molecule has 4 heteroatoms. The van der Waals surface area contributed by atoms with Gasteiger partial charge in [0.1, 0.15) is 11.6 Å². The number of hydrogen-bond acceptors (Lipinski definition) is 2. The molecule has 1 fully saturated rings. The van der Waals surface area contributed by atoms with Crippen molar-refractivity contribution in [2.45, 2.75) is 18.5 Å². The lowest BCUT2D eigenvalue weighted by Crippen LogP contribution is -2.29. The predicted octanol–water partition coefficient (Wildman–Crippen LogP) is 2.89. The van der Waals surface area contributed by atoms with Gasteiger partial charge in [-0.2, -0.15) is 0 Å². The minimum atomic E-state index is -0.552. The van der Waals surface area contributed by atoms with Crippen LogP contribution in [0.15, 0.2) is 48.5 Å². The van der Waals surface area contributed by atoms with Gasteiger partial charge in [0.05, 0.1) is 0 Å². The Morgan fingerprint density at radius 2 is 1.81 bits per heavy atom. The first-order valence-electron chi connectivity index (χ1n) is 7.10. The lowest BCUT2D eigenvalue weighted by atomic mass is 9.94. The molecule has 0 bridgehead atoms. The average Bonchev–Trinajstić information content (AvgIpc) is 2.80. The molecule has 0 aliphatic carbocycles. The summed E-state index contributed by atoms with van der Waals surface area (Å²) in [6.07, 6.45) is 0. The first-order valence-corrected chi connectivity index (χ1v) is 7.10. The highest BCUT2D eigenvalue weighted by molar-refractivity contribution is 5.26. The van der Waals surface area contributed by atoms with E-state index in [1.807, 2.05) is 18.2 Å². The minimum Gasteiger partial charge on any atom is -0.326 e. The van der Waals surface area contributed by atoms with Crippen LogP contribution >= 0.6 is 0 Å². The highest BCUT2D eigenvalue weighted by atomic mass is 19.1. The minimum absolute atomic E-state index is 0.0886. The zero-order valence-electron chi connectivity index (χ0n) is 11.7. The zero-order chi connectivity index (χ0) is 14.8. The van der Waals surface area contributed by atoms with Gasteiger partial charge in [0.15, 0.2) is 0 Å². The molecule has 0 spiro atoms. The van der Waals surface area contributed by atoms with Crippen molar-refractivity contribution in [1.29, 1.82) is 0 Å². The van der Waals surface area contributed by atoms with Gasteiger partial charge in [-0.3, -0.25) is 4.90 Å². The van der Waals surface area contributed by atoms with Crippen molar-refractivity contribution in [1.82, 2.24) is 4.90 Å². The Balaban J connectivity index is 1.74. The number of rotatable bonds is 3. The van der Waals surface area contributed by atoms with E-state index < -0.39 is 11.6 Å². The molecular formula is C17H18F2N2. The Morgan fingerprint density at radius 3 is 2.52 bits per heavy atom. The summed E-state index contributed by atoms with van der Waals surface area (Å²) in [5.74, 6) is -1.14. The first-order chi connectivity index (χ1) is 10.1. The fourth-order valence-electron chi connectivity index (χ4n) is 3.02. The summed E-state index contributed by atoms with van der Waals surface area (Å²) < 4.78 is 26.9. The van der Waals surface area contributed by atoms with Gasteiger partial charge in [-0.05, 0) is 17.2 Å². The van der Waals surface area contributed by atoms with E-state index in [1.165, 1.54) is 17.7 Å². The third kappa shape index (κ3) is 3.12. The molecule has 0 radical (unpaired) electrons. The number of likely N-dealkylation sites (tertiary alicyclic amines) is 1. The van der Waals surface area contributed by atoms with Crippen LogP contribution in [0, 0.1) is 11.6 Å². The smallest absolute Gasteiger partial charge is 0.129 e. The molecule has 21 heavy (non-hydrogen) atoms. The molecule has 1 aliphatic rings. The summed E-state index contributed by atoms with van der Waals surface area (Å²) in [5.41, 5.74) is 7.89. The number of nitrogens with two attached hydrogens (primary N) is 1. The van der Waals surface area contributed by atoms with Crippen LogP contribution in [0.5, 0.6) is 0 Å². The van der Waals surface area contributed by atoms with Crippen molar-refractivity contribution in [2.75, 3.05) is 13.1 Å². The van der Waals surface area contributed by atoms with Crippen LogP contribution in [-0.4, -0.2) is 24.0 Å². The Kier molecular flexibility index (Phi) is 3.99. The van der Waals surface area contributed by atoms with Gasteiger partial charge in [0.25, 0.3) is 0 Å². The number of benzene rings is 2. The van der Waals surface area contributed by atoms with Crippen LogP contribution in [0.4, 0.5) is 8.78 Å². The molecule has 2 aromatic carbocycles. The van der Waals surface area contributed by atoms with Crippen LogP contribution < -0.4 is 5.73 Å². The Hall–Kier alpha value is -1.78. The second-order valence-electron chi connectivity index (χ2n) is 5.62. The average molecular weight is 288 g/mol. The first kappa shape index (κ1) is 14.2. The van der Waals surface area contributed by atoms with E-state index in [-0.39, 0.29) is 12.0 Å².